The summed E-state index contributed by atoms with van der Waals surface area (Å²) in [5.41, 5.74) is 2.20. The number of piperazine rings is 1. The average Bonchev–Trinajstić information content (AvgIpc) is 3.46. The van der Waals surface area contributed by atoms with Crippen LogP contribution >= 0.6 is 0 Å². The van der Waals surface area contributed by atoms with Crippen molar-refractivity contribution in [3.05, 3.63) is 53.0 Å². The highest BCUT2D eigenvalue weighted by Gasteiger charge is 2.35. The molecule has 5 rings (SSSR count). The molecule has 0 saturated carbocycles. The number of fused-ring (bicyclic) bond motifs is 1. The Labute approximate surface area is 198 Å². The first-order valence-electron chi connectivity index (χ1n) is 12.2. The fourth-order valence-electron chi connectivity index (χ4n) is 5.81. The number of aliphatic hydroxyl groups excluding tert-OH is 1. The highest BCUT2D eigenvalue weighted by atomic mass is 19.4. The van der Waals surface area contributed by atoms with Gasteiger partial charge in [-0.15, -0.1) is 0 Å². The number of benzene rings is 1. The monoisotopic (exact) mass is 475 g/mol. The molecule has 0 bridgehead atoms. The van der Waals surface area contributed by atoms with E-state index in [2.05, 4.69) is 32.0 Å². The summed E-state index contributed by atoms with van der Waals surface area (Å²) < 4.78 is 39.2. The molecule has 4 atom stereocenters. The molecule has 2 saturated heterocycles. The van der Waals surface area contributed by atoms with Gasteiger partial charge in [0.15, 0.2) is 0 Å². The van der Waals surface area contributed by atoms with Crippen molar-refractivity contribution in [3.8, 4) is 0 Å². The zero-order valence-corrected chi connectivity index (χ0v) is 19.4. The van der Waals surface area contributed by atoms with Crippen LogP contribution in [0.1, 0.15) is 66.5 Å². The maximum absolute atomic E-state index is 13.1. The number of hydrogen-bond acceptors (Lipinski definition) is 6. The van der Waals surface area contributed by atoms with Gasteiger partial charge in [-0.2, -0.15) is 13.2 Å². The van der Waals surface area contributed by atoms with Gasteiger partial charge in [0.1, 0.15) is 12.1 Å². The van der Waals surface area contributed by atoms with E-state index in [1.54, 1.807) is 18.5 Å². The first kappa shape index (κ1) is 23.5. The molecule has 0 amide bonds. The number of rotatable bonds is 5. The molecule has 0 radical (unpaired) electrons. The molecule has 34 heavy (non-hydrogen) atoms. The molecule has 6 nitrogen and oxygen atoms in total. The fourth-order valence-corrected chi connectivity index (χ4v) is 5.81. The minimum atomic E-state index is -4.31. The van der Waals surface area contributed by atoms with Gasteiger partial charge in [0.05, 0.1) is 17.4 Å². The Morgan fingerprint density at radius 3 is 2.50 bits per heavy atom. The molecular weight excluding hydrogens is 443 g/mol. The maximum atomic E-state index is 13.1. The predicted octanol–water partition coefficient (Wildman–Crippen LogP) is 3.69. The molecule has 184 valence electrons. The van der Waals surface area contributed by atoms with Crippen LogP contribution in [-0.2, 0) is 6.18 Å². The topological polar surface area (TPSA) is 64.5 Å². The summed E-state index contributed by atoms with van der Waals surface area (Å²) in [6.45, 7) is 7.25. The van der Waals surface area contributed by atoms with Gasteiger partial charge in [0, 0.05) is 50.2 Å². The van der Waals surface area contributed by atoms with Crippen LogP contribution in [0.25, 0.3) is 0 Å². The van der Waals surface area contributed by atoms with Gasteiger partial charge >= 0.3 is 6.18 Å². The van der Waals surface area contributed by atoms with Crippen molar-refractivity contribution in [1.82, 2.24) is 20.2 Å². The summed E-state index contributed by atoms with van der Waals surface area (Å²) in [6.07, 6.45) is -0.461. The van der Waals surface area contributed by atoms with Crippen LogP contribution in [0.4, 0.5) is 19.0 Å². The second-order valence-corrected chi connectivity index (χ2v) is 9.87. The number of halogens is 3. The third-order valence-corrected chi connectivity index (χ3v) is 7.66. The minimum Gasteiger partial charge on any atom is -0.387 e. The molecular formula is C25H32F3N5O. The lowest BCUT2D eigenvalue weighted by Crippen LogP contribution is -2.49. The van der Waals surface area contributed by atoms with Gasteiger partial charge in [-0.1, -0.05) is 19.1 Å². The van der Waals surface area contributed by atoms with Crippen molar-refractivity contribution in [2.75, 3.05) is 44.2 Å². The summed E-state index contributed by atoms with van der Waals surface area (Å²) >= 11 is 0. The van der Waals surface area contributed by atoms with Crippen LogP contribution in [0.2, 0.25) is 0 Å². The van der Waals surface area contributed by atoms with Crippen molar-refractivity contribution in [1.29, 1.82) is 0 Å². The van der Waals surface area contributed by atoms with E-state index in [0.29, 0.717) is 6.42 Å². The first-order valence-corrected chi connectivity index (χ1v) is 12.2. The summed E-state index contributed by atoms with van der Waals surface area (Å²) in [7, 11) is 0. The van der Waals surface area contributed by atoms with E-state index < -0.39 is 17.8 Å². The maximum Gasteiger partial charge on any atom is 0.416 e. The van der Waals surface area contributed by atoms with Crippen LogP contribution < -0.4 is 10.2 Å². The van der Waals surface area contributed by atoms with Crippen molar-refractivity contribution in [3.63, 3.8) is 0 Å². The molecule has 2 fully saturated rings. The predicted molar refractivity (Wildman–Crippen MR) is 124 cm³/mol. The highest BCUT2D eigenvalue weighted by molar-refractivity contribution is 5.53. The van der Waals surface area contributed by atoms with E-state index in [0.717, 1.165) is 74.7 Å². The number of hydrogen-bond donors (Lipinski definition) is 2. The van der Waals surface area contributed by atoms with Crippen molar-refractivity contribution >= 4 is 5.82 Å². The van der Waals surface area contributed by atoms with E-state index in [1.807, 2.05) is 0 Å². The second kappa shape index (κ2) is 9.43. The van der Waals surface area contributed by atoms with Crippen molar-refractivity contribution < 1.29 is 18.3 Å². The molecule has 3 aliphatic rings. The first-order chi connectivity index (χ1) is 16.3. The summed E-state index contributed by atoms with van der Waals surface area (Å²) in [5.74, 6) is 1.32. The van der Waals surface area contributed by atoms with Crippen molar-refractivity contribution in [2.45, 2.75) is 56.3 Å². The zero-order chi connectivity index (χ0) is 23.9. The van der Waals surface area contributed by atoms with Gasteiger partial charge in [-0.25, -0.2) is 9.97 Å². The minimum absolute atomic E-state index is 0.148. The zero-order valence-electron chi connectivity index (χ0n) is 19.4. The summed E-state index contributed by atoms with van der Waals surface area (Å²) in [4.78, 5) is 13.6. The number of nitrogens with zero attached hydrogens (tertiary/aromatic N) is 4. The van der Waals surface area contributed by atoms with Gasteiger partial charge < -0.3 is 15.3 Å². The number of aromatic nitrogens is 2. The third-order valence-electron chi connectivity index (χ3n) is 7.66. The SMILES string of the molecule is C[C@@H]1C[C@@H](O)c2ncnc(N3CCN(CC(c4ccc(C(F)(F)F)cc4)[C@@H]4CCCN4)CC3)c21. The number of alkyl halides is 3. The molecule has 1 aromatic heterocycles. The quantitative estimate of drug-likeness (QED) is 0.688. The average molecular weight is 476 g/mol. The van der Waals surface area contributed by atoms with Crippen LogP contribution in [0, 0.1) is 0 Å². The van der Waals surface area contributed by atoms with Gasteiger partial charge in [-0.05, 0) is 49.4 Å². The number of nitrogens with one attached hydrogen (secondary N) is 1. The van der Waals surface area contributed by atoms with Gasteiger partial charge in [0.2, 0.25) is 0 Å². The molecule has 3 heterocycles. The second-order valence-electron chi connectivity index (χ2n) is 9.87. The van der Waals surface area contributed by atoms with Crippen LogP contribution in [0.15, 0.2) is 30.6 Å². The van der Waals surface area contributed by atoms with E-state index in [4.69, 9.17) is 0 Å². The summed E-state index contributed by atoms with van der Waals surface area (Å²) in [6, 6.07) is 6.00. The molecule has 0 spiro atoms. The Morgan fingerprint density at radius 1 is 1.12 bits per heavy atom. The van der Waals surface area contributed by atoms with Crippen molar-refractivity contribution in [2.24, 2.45) is 0 Å². The van der Waals surface area contributed by atoms with E-state index in [1.165, 1.54) is 12.1 Å². The molecule has 1 aromatic carbocycles. The van der Waals surface area contributed by atoms with Crippen LogP contribution in [0.3, 0.4) is 0 Å². The Bertz CT molecular complexity index is 985. The normalized spacial score (nSPS) is 26.6. The number of aliphatic hydroxyl groups is 1. The largest absolute Gasteiger partial charge is 0.416 e. The Morgan fingerprint density at radius 2 is 1.85 bits per heavy atom. The molecule has 2 aliphatic heterocycles. The molecule has 1 aliphatic carbocycles. The Balaban J connectivity index is 1.28. The third kappa shape index (κ3) is 4.65. The number of anilines is 1. The lowest BCUT2D eigenvalue weighted by molar-refractivity contribution is -0.137. The van der Waals surface area contributed by atoms with E-state index in [-0.39, 0.29) is 17.9 Å². The molecule has 9 heteroatoms. The van der Waals surface area contributed by atoms with E-state index in [9.17, 15) is 18.3 Å². The van der Waals surface area contributed by atoms with Crippen LogP contribution in [0.5, 0.6) is 0 Å². The van der Waals surface area contributed by atoms with Crippen LogP contribution in [-0.4, -0.2) is 65.3 Å². The fraction of sp³-hybridized carbons (Fsp3) is 0.600. The standard InChI is InChI=1S/C25H32F3N5O/c1-16-13-21(34)23-22(16)24(31-15-30-23)33-11-9-32(10-12-33)14-19(20-3-2-8-29-20)17-4-6-18(7-5-17)25(26,27)28/h4-7,15-16,19-21,29,34H,2-3,8-14H2,1H3/t16-,19?,20+,21-/m1/s1. The molecule has 2 aromatic rings. The lowest BCUT2D eigenvalue weighted by Gasteiger charge is -2.39. The van der Waals surface area contributed by atoms with E-state index >= 15 is 0 Å². The van der Waals surface area contributed by atoms with Gasteiger partial charge in [0.25, 0.3) is 0 Å². The Hall–Kier alpha value is -2.23. The molecule has 2 N–H and O–H groups in total. The summed E-state index contributed by atoms with van der Waals surface area (Å²) in [5, 5.41) is 13.9. The van der Waals surface area contributed by atoms with Gasteiger partial charge in [-0.3, -0.25) is 4.90 Å². The Kier molecular flexibility index (Phi) is 6.52. The smallest absolute Gasteiger partial charge is 0.387 e. The lowest BCUT2D eigenvalue weighted by atomic mass is 9.89. The molecule has 1 unspecified atom stereocenters. The highest BCUT2D eigenvalue weighted by Crippen LogP contribution is 2.43.